The summed E-state index contributed by atoms with van der Waals surface area (Å²) in [4.78, 5) is 2.29. The summed E-state index contributed by atoms with van der Waals surface area (Å²) in [5.41, 5.74) is 5.57. The number of nitrogens with zero attached hydrogens (tertiary/aromatic N) is 2. The molecule has 0 bridgehead atoms. The van der Waals surface area contributed by atoms with Crippen LogP contribution < -0.4 is 5.73 Å². The van der Waals surface area contributed by atoms with Crippen molar-refractivity contribution in [3.63, 3.8) is 0 Å². The monoisotopic (exact) mass is 229 g/mol. The number of ether oxygens (including phenoxy) is 1. The first kappa shape index (κ1) is 13.3. The highest BCUT2D eigenvalue weighted by molar-refractivity contribution is 5.82. The molecule has 0 saturated carbocycles. The van der Waals surface area contributed by atoms with Gasteiger partial charge in [-0.3, -0.25) is 0 Å². The van der Waals surface area contributed by atoms with Crippen molar-refractivity contribution in [1.29, 1.82) is 0 Å². The lowest BCUT2D eigenvalue weighted by Gasteiger charge is -2.26. The Morgan fingerprint density at radius 2 is 2.44 bits per heavy atom. The van der Waals surface area contributed by atoms with Gasteiger partial charge in [0.2, 0.25) is 0 Å². The average molecular weight is 229 g/mol. The fraction of sp³-hybridized carbons (Fsp3) is 0.909. The highest BCUT2D eigenvalue weighted by Crippen LogP contribution is 2.14. The van der Waals surface area contributed by atoms with Crippen molar-refractivity contribution in [1.82, 2.24) is 4.90 Å². The van der Waals surface area contributed by atoms with Gasteiger partial charge in [-0.1, -0.05) is 19.0 Å². The van der Waals surface area contributed by atoms with E-state index in [1.54, 1.807) is 0 Å². The molecule has 94 valence electrons. The molecule has 0 aromatic carbocycles. The van der Waals surface area contributed by atoms with Gasteiger partial charge in [-0.25, -0.2) is 0 Å². The summed E-state index contributed by atoms with van der Waals surface area (Å²) in [7, 11) is 0. The van der Waals surface area contributed by atoms with Crippen LogP contribution in [-0.2, 0) is 4.74 Å². The summed E-state index contributed by atoms with van der Waals surface area (Å²) in [5, 5.41) is 11.6. The molecule has 16 heavy (non-hydrogen) atoms. The van der Waals surface area contributed by atoms with Crippen molar-refractivity contribution in [2.24, 2.45) is 16.8 Å². The van der Waals surface area contributed by atoms with Gasteiger partial charge in [0.25, 0.3) is 0 Å². The molecule has 3 N–H and O–H groups in total. The van der Waals surface area contributed by atoms with Crippen LogP contribution in [0.25, 0.3) is 0 Å². The Hall–Kier alpha value is -0.810. The molecule has 5 heteroatoms. The lowest BCUT2D eigenvalue weighted by Crippen LogP contribution is -2.38. The predicted molar refractivity (Wildman–Crippen MR) is 63.7 cm³/mol. The first-order valence-electron chi connectivity index (χ1n) is 5.98. The molecule has 1 fully saturated rings. The number of oxime groups is 1. The first-order valence-corrected chi connectivity index (χ1v) is 5.98. The second-order valence-corrected chi connectivity index (χ2v) is 4.41. The number of nitrogens with two attached hydrogens (primary N) is 1. The first-order chi connectivity index (χ1) is 7.67. The Balaban J connectivity index is 2.35. The van der Waals surface area contributed by atoms with Crippen molar-refractivity contribution < 1.29 is 9.94 Å². The maximum absolute atomic E-state index is 8.59. The van der Waals surface area contributed by atoms with E-state index in [0.717, 1.165) is 39.1 Å². The van der Waals surface area contributed by atoms with Crippen LogP contribution in [0.2, 0.25) is 0 Å². The van der Waals surface area contributed by atoms with Crippen molar-refractivity contribution in [2.75, 3.05) is 26.2 Å². The summed E-state index contributed by atoms with van der Waals surface area (Å²) >= 11 is 0. The second kappa shape index (κ2) is 6.70. The largest absolute Gasteiger partial charge is 0.409 e. The van der Waals surface area contributed by atoms with Crippen molar-refractivity contribution in [3.8, 4) is 0 Å². The third-order valence-corrected chi connectivity index (χ3v) is 3.09. The lowest BCUT2D eigenvalue weighted by atomic mass is 10.1. The molecule has 1 aliphatic rings. The van der Waals surface area contributed by atoms with Gasteiger partial charge in [0, 0.05) is 25.6 Å². The maximum atomic E-state index is 8.59. The predicted octanol–water partition coefficient (Wildman–Crippen LogP) is 0.870. The van der Waals surface area contributed by atoms with Gasteiger partial charge >= 0.3 is 0 Å². The smallest absolute Gasteiger partial charge is 0.143 e. The van der Waals surface area contributed by atoms with E-state index in [-0.39, 0.29) is 5.92 Å². The van der Waals surface area contributed by atoms with Crippen LogP contribution in [0.15, 0.2) is 5.16 Å². The van der Waals surface area contributed by atoms with Crippen molar-refractivity contribution in [3.05, 3.63) is 0 Å². The molecular weight excluding hydrogens is 206 g/mol. The van der Waals surface area contributed by atoms with E-state index in [1.807, 2.05) is 6.92 Å². The summed E-state index contributed by atoms with van der Waals surface area (Å²) < 4.78 is 5.60. The van der Waals surface area contributed by atoms with Gasteiger partial charge in [0.05, 0.1) is 6.10 Å². The number of rotatable bonds is 6. The van der Waals surface area contributed by atoms with E-state index >= 15 is 0 Å². The molecule has 0 radical (unpaired) electrons. The molecule has 1 aliphatic heterocycles. The molecule has 0 spiro atoms. The fourth-order valence-corrected chi connectivity index (χ4v) is 1.99. The molecule has 2 atom stereocenters. The molecule has 1 saturated heterocycles. The van der Waals surface area contributed by atoms with Gasteiger partial charge in [-0.05, 0) is 19.4 Å². The minimum Gasteiger partial charge on any atom is -0.409 e. The lowest BCUT2D eigenvalue weighted by molar-refractivity contribution is 0.0727. The Kier molecular flexibility index (Phi) is 5.55. The molecule has 1 rings (SSSR count). The van der Waals surface area contributed by atoms with E-state index in [9.17, 15) is 0 Å². The minimum atomic E-state index is 0.0753. The standard InChI is InChI=1S/C11H23N3O2/c1-3-14(7-9(2)11(12)13-15)8-10-5-4-6-16-10/h9-10,15H,3-8H2,1-2H3,(H2,12,13). The third kappa shape index (κ3) is 3.98. The number of amidine groups is 1. The van der Waals surface area contributed by atoms with Crippen LogP contribution in [-0.4, -0.2) is 48.3 Å². The van der Waals surface area contributed by atoms with Crippen LogP contribution in [0.3, 0.4) is 0 Å². The van der Waals surface area contributed by atoms with E-state index in [1.165, 1.54) is 0 Å². The molecule has 0 aliphatic carbocycles. The summed E-state index contributed by atoms with van der Waals surface area (Å²) in [6, 6.07) is 0. The Bertz CT molecular complexity index is 227. The zero-order valence-electron chi connectivity index (χ0n) is 10.2. The van der Waals surface area contributed by atoms with Crippen LogP contribution in [0.5, 0.6) is 0 Å². The highest BCUT2D eigenvalue weighted by Gasteiger charge is 2.20. The van der Waals surface area contributed by atoms with E-state index in [2.05, 4.69) is 17.0 Å². The Morgan fingerprint density at radius 3 is 2.94 bits per heavy atom. The van der Waals surface area contributed by atoms with Gasteiger partial charge in [0.15, 0.2) is 0 Å². The van der Waals surface area contributed by atoms with E-state index in [4.69, 9.17) is 15.7 Å². The van der Waals surface area contributed by atoms with Crippen LogP contribution in [0.4, 0.5) is 0 Å². The van der Waals surface area contributed by atoms with Gasteiger partial charge in [-0.2, -0.15) is 0 Å². The number of likely N-dealkylation sites (N-methyl/N-ethyl adjacent to an activating group) is 1. The van der Waals surface area contributed by atoms with Gasteiger partial charge in [0.1, 0.15) is 5.84 Å². The van der Waals surface area contributed by atoms with E-state index in [0.29, 0.717) is 11.9 Å². The van der Waals surface area contributed by atoms with Crippen LogP contribution >= 0.6 is 0 Å². The minimum absolute atomic E-state index is 0.0753. The Morgan fingerprint density at radius 1 is 1.69 bits per heavy atom. The van der Waals surface area contributed by atoms with Crippen LogP contribution in [0.1, 0.15) is 26.7 Å². The molecule has 0 aromatic rings. The zero-order chi connectivity index (χ0) is 12.0. The molecule has 2 unspecified atom stereocenters. The second-order valence-electron chi connectivity index (χ2n) is 4.41. The summed E-state index contributed by atoms with van der Waals surface area (Å²) in [6.45, 7) is 7.69. The molecule has 0 aromatic heterocycles. The van der Waals surface area contributed by atoms with Crippen molar-refractivity contribution >= 4 is 5.84 Å². The van der Waals surface area contributed by atoms with E-state index < -0.39 is 0 Å². The van der Waals surface area contributed by atoms with Crippen LogP contribution in [0, 0.1) is 5.92 Å². The molecule has 0 amide bonds. The number of hydrogen-bond acceptors (Lipinski definition) is 4. The molecular formula is C11H23N3O2. The van der Waals surface area contributed by atoms with Gasteiger partial charge in [-0.15, -0.1) is 0 Å². The zero-order valence-corrected chi connectivity index (χ0v) is 10.2. The fourth-order valence-electron chi connectivity index (χ4n) is 1.99. The number of hydrogen-bond donors (Lipinski definition) is 2. The Labute approximate surface area is 97.2 Å². The normalized spacial score (nSPS) is 23.9. The summed E-state index contributed by atoms with van der Waals surface area (Å²) in [6.07, 6.45) is 2.67. The SMILES string of the molecule is CCN(CC1CCCO1)CC(C)C(N)=NO. The quantitative estimate of drug-likeness (QED) is 0.307. The van der Waals surface area contributed by atoms with Crippen molar-refractivity contribution in [2.45, 2.75) is 32.8 Å². The maximum Gasteiger partial charge on any atom is 0.143 e. The summed E-state index contributed by atoms with van der Waals surface area (Å²) in [5.74, 6) is 0.372. The average Bonchev–Trinajstić information content (AvgIpc) is 2.79. The topological polar surface area (TPSA) is 71.1 Å². The highest BCUT2D eigenvalue weighted by atomic mass is 16.5. The molecule has 1 heterocycles. The van der Waals surface area contributed by atoms with Gasteiger partial charge < -0.3 is 20.6 Å². The third-order valence-electron chi connectivity index (χ3n) is 3.09. The molecule has 5 nitrogen and oxygen atoms in total.